The Hall–Kier alpha value is -1.76. The van der Waals surface area contributed by atoms with E-state index < -0.39 is 0 Å². The summed E-state index contributed by atoms with van der Waals surface area (Å²) in [5.41, 5.74) is 2.76. The summed E-state index contributed by atoms with van der Waals surface area (Å²) >= 11 is 2.33. The SMILES string of the molecule is COc1cc(OCc2cccc(CI)c2)c(OC)cc1C=O. The highest BCUT2D eigenvalue weighted by Gasteiger charge is 2.12. The van der Waals surface area contributed by atoms with Crippen molar-refractivity contribution in [3.8, 4) is 17.2 Å². The molecule has 0 radical (unpaired) electrons. The van der Waals surface area contributed by atoms with Crippen molar-refractivity contribution in [2.75, 3.05) is 14.2 Å². The van der Waals surface area contributed by atoms with Gasteiger partial charge in [0.05, 0.1) is 19.8 Å². The van der Waals surface area contributed by atoms with Gasteiger partial charge in [0.15, 0.2) is 17.8 Å². The summed E-state index contributed by atoms with van der Waals surface area (Å²) < 4.78 is 17.3. The van der Waals surface area contributed by atoms with Crippen molar-refractivity contribution in [1.29, 1.82) is 0 Å². The number of carbonyl (C=O) groups excluding carboxylic acids is 1. The van der Waals surface area contributed by atoms with Gasteiger partial charge < -0.3 is 14.2 Å². The van der Waals surface area contributed by atoms with Gasteiger partial charge in [-0.25, -0.2) is 0 Å². The molecule has 22 heavy (non-hydrogen) atoms. The molecule has 0 aliphatic carbocycles. The number of ether oxygens (including phenoxy) is 3. The highest BCUT2D eigenvalue weighted by Crippen LogP contribution is 2.34. The molecule has 4 nitrogen and oxygen atoms in total. The summed E-state index contributed by atoms with van der Waals surface area (Å²) in [4.78, 5) is 11.0. The van der Waals surface area contributed by atoms with Gasteiger partial charge in [0, 0.05) is 10.5 Å². The first kappa shape index (κ1) is 16.6. The number of alkyl halides is 1. The quantitative estimate of drug-likeness (QED) is 0.392. The van der Waals surface area contributed by atoms with Gasteiger partial charge in [-0.15, -0.1) is 0 Å². The number of methoxy groups -OCH3 is 2. The Morgan fingerprint density at radius 3 is 2.36 bits per heavy atom. The van der Waals surface area contributed by atoms with Crippen LogP contribution in [0.5, 0.6) is 17.2 Å². The zero-order valence-electron chi connectivity index (χ0n) is 12.5. The number of hydrogen-bond acceptors (Lipinski definition) is 4. The van der Waals surface area contributed by atoms with Crippen LogP contribution in [0.3, 0.4) is 0 Å². The summed E-state index contributed by atoms with van der Waals surface area (Å²) in [6.45, 7) is 0.421. The Morgan fingerprint density at radius 2 is 1.73 bits per heavy atom. The van der Waals surface area contributed by atoms with Crippen LogP contribution in [0.4, 0.5) is 0 Å². The van der Waals surface area contributed by atoms with Gasteiger partial charge in [-0.2, -0.15) is 0 Å². The van der Waals surface area contributed by atoms with Crippen molar-refractivity contribution in [3.05, 3.63) is 53.1 Å². The Balaban J connectivity index is 2.22. The van der Waals surface area contributed by atoms with Crippen LogP contribution in [-0.4, -0.2) is 20.5 Å². The molecule has 0 atom stereocenters. The highest BCUT2D eigenvalue weighted by molar-refractivity contribution is 14.1. The molecule has 116 valence electrons. The summed E-state index contributed by atoms with van der Waals surface area (Å²) in [5.74, 6) is 1.52. The van der Waals surface area contributed by atoms with Crippen molar-refractivity contribution in [3.63, 3.8) is 0 Å². The summed E-state index contributed by atoms with van der Waals surface area (Å²) in [6, 6.07) is 11.5. The maximum absolute atomic E-state index is 11.0. The van der Waals surface area contributed by atoms with Gasteiger partial charge in [-0.05, 0) is 17.2 Å². The number of benzene rings is 2. The zero-order chi connectivity index (χ0) is 15.9. The molecule has 0 N–H and O–H groups in total. The lowest BCUT2D eigenvalue weighted by molar-refractivity contribution is 0.112. The number of rotatable bonds is 7. The van der Waals surface area contributed by atoms with E-state index in [-0.39, 0.29) is 0 Å². The van der Waals surface area contributed by atoms with Gasteiger partial charge in [0.25, 0.3) is 0 Å². The standard InChI is InChI=1S/C17H17IO4/c1-20-15-8-17(16(21-2)7-14(15)10-19)22-11-13-5-3-4-12(6-13)9-18/h3-8,10H,9,11H2,1-2H3. The predicted molar refractivity (Wildman–Crippen MR) is 93.4 cm³/mol. The molecule has 0 fully saturated rings. The average molecular weight is 412 g/mol. The van der Waals surface area contributed by atoms with E-state index in [1.54, 1.807) is 19.2 Å². The third-order valence-electron chi connectivity index (χ3n) is 3.18. The topological polar surface area (TPSA) is 44.8 Å². The predicted octanol–water partition coefficient (Wildman–Crippen LogP) is 4.03. The third-order valence-corrected chi connectivity index (χ3v) is 4.06. The lowest BCUT2D eigenvalue weighted by Gasteiger charge is -2.14. The molecular formula is C17H17IO4. The lowest BCUT2D eigenvalue weighted by Crippen LogP contribution is -2.00. The van der Waals surface area contributed by atoms with Crippen molar-refractivity contribution in [2.45, 2.75) is 11.0 Å². The normalized spacial score (nSPS) is 10.1. The second kappa shape index (κ2) is 8.03. The van der Waals surface area contributed by atoms with E-state index in [2.05, 4.69) is 34.7 Å². The number of carbonyl (C=O) groups is 1. The molecule has 0 aromatic heterocycles. The molecule has 0 unspecified atom stereocenters. The van der Waals surface area contributed by atoms with Crippen LogP contribution in [0.25, 0.3) is 0 Å². The summed E-state index contributed by atoms with van der Waals surface area (Å²) in [5, 5.41) is 0. The third kappa shape index (κ3) is 3.91. The molecule has 0 heterocycles. The van der Waals surface area contributed by atoms with Gasteiger partial charge in [0.1, 0.15) is 12.4 Å². The zero-order valence-corrected chi connectivity index (χ0v) is 14.6. The number of hydrogen-bond donors (Lipinski definition) is 0. The number of halogens is 1. The molecular weight excluding hydrogens is 395 g/mol. The molecule has 0 aliphatic rings. The first-order valence-electron chi connectivity index (χ1n) is 6.69. The molecule has 0 bridgehead atoms. The van der Waals surface area contributed by atoms with Crippen LogP contribution in [-0.2, 0) is 11.0 Å². The molecule has 0 amide bonds. The van der Waals surface area contributed by atoms with Crippen molar-refractivity contribution in [2.24, 2.45) is 0 Å². The van der Waals surface area contributed by atoms with Crippen LogP contribution in [0.1, 0.15) is 21.5 Å². The molecule has 0 saturated carbocycles. The van der Waals surface area contributed by atoms with Crippen LogP contribution >= 0.6 is 22.6 Å². The second-order valence-electron chi connectivity index (χ2n) is 4.61. The van der Waals surface area contributed by atoms with Crippen LogP contribution in [0.15, 0.2) is 36.4 Å². The average Bonchev–Trinajstić information content (AvgIpc) is 2.59. The molecule has 2 aromatic rings. The molecule has 2 rings (SSSR count). The van der Waals surface area contributed by atoms with Crippen molar-refractivity contribution in [1.82, 2.24) is 0 Å². The van der Waals surface area contributed by atoms with Crippen molar-refractivity contribution >= 4 is 28.9 Å². The van der Waals surface area contributed by atoms with E-state index >= 15 is 0 Å². The van der Waals surface area contributed by atoms with E-state index in [0.29, 0.717) is 29.4 Å². The summed E-state index contributed by atoms with van der Waals surface area (Å²) in [6.07, 6.45) is 0.731. The van der Waals surface area contributed by atoms with Gasteiger partial charge in [-0.3, -0.25) is 4.79 Å². The maximum atomic E-state index is 11.0. The number of aldehydes is 1. The highest BCUT2D eigenvalue weighted by atomic mass is 127. The Labute approximate surface area is 143 Å². The minimum Gasteiger partial charge on any atom is -0.496 e. The fourth-order valence-electron chi connectivity index (χ4n) is 2.06. The summed E-state index contributed by atoms with van der Waals surface area (Å²) in [7, 11) is 3.06. The van der Waals surface area contributed by atoms with E-state index in [1.807, 2.05) is 12.1 Å². The maximum Gasteiger partial charge on any atom is 0.165 e. The van der Waals surface area contributed by atoms with Crippen molar-refractivity contribution < 1.29 is 19.0 Å². The Bertz CT molecular complexity index is 655. The molecule has 0 saturated heterocycles. The van der Waals surface area contributed by atoms with E-state index in [0.717, 1.165) is 16.3 Å². The second-order valence-corrected chi connectivity index (χ2v) is 5.37. The van der Waals surface area contributed by atoms with Crippen LogP contribution in [0.2, 0.25) is 0 Å². The van der Waals surface area contributed by atoms with Gasteiger partial charge in [0.2, 0.25) is 0 Å². The largest absolute Gasteiger partial charge is 0.496 e. The van der Waals surface area contributed by atoms with Crippen LogP contribution < -0.4 is 14.2 Å². The lowest BCUT2D eigenvalue weighted by atomic mass is 10.1. The fraction of sp³-hybridized carbons (Fsp3) is 0.235. The molecule has 0 aliphatic heterocycles. The first-order chi connectivity index (χ1) is 10.7. The van der Waals surface area contributed by atoms with E-state index in [9.17, 15) is 4.79 Å². The van der Waals surface area contributed by atoms with E-state index in [4.69, 9.17) is 14.2 Å². The van der Waals surface area contributed by atoms with Crippen LogP contribution in [0, 0.1) is 0 Å². The smallest absolute Gasteiger partial charge is 0.165 e. The van der Waals surface area contributed by atoms with Gasteiger partial charge >= 0.3 is 0 Å². The minimum atomic E-state index is 0.421. The monoisotopic (exact) mass is 412 g/mol. The van der Waals surface area contributed by atoms with E-state index in [1.165, 1.54) is 12.7 Å². The Morgan fingerprint density at radius 1 is 1.00 bits per heavy atom. The molecule has 5 heteroatoms. The fourth-order valence-corrected chi connectivity index (χ4v) is 2.54. The first-order valence-corrected chi connectivity index (χ1v) is 8.22. The minimum absolute atomic E-state index is 0.421. The molecule has 0 spiro atoms. The van der Waals surface area contributed by atoms with Gasteiger partial charge in [-0.1, -0.05) is 46.9 Å². The molecule has 2 aromatic carbocycles. The Kier molecular flexibility index (Phi) is 6.06.